The van der Waals surface area contributed by atoms with E-state index in [2.05, 4.69) is 4.98 Å². The van der Waals surface area contributed by atoms with Gasteiger partial charge < -0.3 is 30.3 Å². The highest BCUT2D eigenvalue weighted by atomic mass is 19.1. The molecule has 1 aliphatic heterocycles. The summed E-state index contributed by atoms with van der Waals surface area (Å²) < 4.78 is 45.2. The molecule has 1 aliphatic rings. The van der Waals surface area contributed by atoms with Crippen molar-refractivity contribution >= 4 is 16.9 Å². The van der Waals surface area contributed by atoms with E-state index in [1.165, 1.54) is 29.3 Å². The van der Waals surface area contributed by atoms with Crippen LogP contribution < -0.4 is 16.3 Å². The largest absolute Gasteiger partial charge is 0.481 e. The molecule has 6 N–H and O–H groups in total. The first-order valence-corrected chi connectivity index (χ1v) is 16.2. The quantitative estimate of drug-likeness (QED) is 0.149. The number of nitrogens with zero attached hydrogens (tertiary/aromatic N) is 3. The molecule has 6 rings (SSSR count). The van der Waals surface area contributed by atoms with Gasteiger partial charge >= 0.3 is 5.97 Å². The Labute approximate surface area is 282 Å². The molecule has 5 aromatic rings. The lowest BCUT2D eigenvalue weighted by Crippen LogP contribution is -2.36. The van der Waals surface area contributed by atoms with E-state index in [0.717, 1.165) is 11.1 Å². The Bertz CT molecular complexity index is 2020. The van der Waals surface area contributed by atoms with Crippen molar-refractivity contribution in [3.63, 3.8) is 0 Å². The van der Waals surface area contributed by atoms with Gasteiger partial charge in [-0.2, -0.15) is 5.10 Å². The van der Waals surface area contributed by atoms with Crippen molar-refractivity contribution in [2.24, 2.45) is 17.5 Å². The van der Waals surface area contributed by atoms with Crippen molar-refractivity contribution in [2.45, 2.75) is 58.2 Å². The van der Waals surface area contributed by atoms with Crippen molar-refractivity contribution in [3.05, 3.63) is 113 Å². The van der Waals surface area contributed by atoms with Gasteiger partial charge in [-0.15, -0.1) is 0 Å². The van der Waals surface area contributed by atoms with Gasteiger partial charge in [-0.05, 0) is 74.6 Å². The molecule has 3 aromatic carbocycles. The molecular weight excluding hydrogens is 630 g/mol. The fraction of sp³-hybridized carbons (Fsp3) is 0.297. The van der Waals surface area contributed by atoms with Crippen LogP contribution in [-0.4, -0.2) is 43.1 Å². The van der Waals surface area contributed by atoms with E-state index in [0.29, 0.717) is 53.7 Å². The molecule has 3 heterocycles. The summed E-state index contributed by atoms with van der Waals surface area (Å²) in [4.78, 5) is 14.6. The number of hydrazine groups is 1. The number of fused-ring (bicyclic) bond motifs is 8. The summed E-state index contributed by atoms with van der Waals surface area (Å²) in [5.41, 5.74) is 9.39. The number of H-pyrrole nitrogens is 1. The molecule has 10 nitrogen and oxygen atoms in total. The minimum absolute atomic E-state index is 0.0443. The fourth-order valence-electron chi connectivity index (χ4n) is 6.10. The number of carboxylic acids is 1. The number of carboxylic acid groups (broad SMARTS) is 1. The van der Waals surface area contributed by atoms with Gasteiger partial charge in [-0.25, -0.2) is 14.6 Å². The van der Waals surface area contributed by atoms with E-state index in [1.807, 2.05) is 44.2 Å². The molecule has 256 valence electrons. The van der Waals surface area contributed by atoms with E-state index in [9.17, 15) is 9.90 Å². The van der Waals surface area contributed by atoms with Crippen LogP contribution >= 0.6 is 0 Å². The molecule has 12 heteroatoms. The summed E-state index contributed by atoms with van der Waals surface area (Å²) in [6, 6.07) is 16.6. The molecule has 0 saturated heterocycles. The predicted octanol–water partition coefficient (Wildman–Crippen LogP) is 7.02. The molecule has 0 radical (unpaired) electrons. The third kappa shape index (κ3) is 7.30. The number of ether oxygens (including phenoxy) is 2. The number of aromatic nitrogens is 3. The number of hydrogen-bond donors (Lipinski definition) is 4. The summed E-state index contributed by atoms with van der Waals surface area (Å²) >= 11 is 0. The first kappa shape index (κ1) is 33.7. The molecule has 0 aliphatic carbocycles. The smallest absolute Gasteiger partial charge is 0.306 e. The normalized spacial score (nSPS) is 18.7. The summed E-state index contributed by atoms with van der Waals surface area (Å²) in [6.07, 6.45) is 6.65. The monoisotopic (exact) mass is 670 g/mol. The third-order valence-corrected chi connectivity index (χ3v) is 8.95. The van der Waals surface area contributed by atoms with Crippen molar-refractivity contribution in [2.75, 3.05) is 6.61 Å². The Balaban J connectivity index is 1.44. The van der Waals surface area contributed by atoms with Crippen LogP contribution in [-0.2, 0) is 22.5 Å². The minimum atomic E-state index is -0.886. The lowest BCUT2D eigenvalue weighted by Gasteiger charge is -2.28. The van der Waals surface area contributed by atoms with Gasteiger partial charge in [-0.3, -0.25) is 9.48 Å². The van der Waals surface area contributed by atoms with Gasteiger partial charge in [0.15, 0.2) is 11.6 Å². The summed E-state index contributed by atoms with van der Waals surface area (Å²) in [5, 5.41) is 16.3. The number of hydrogen-bond acceptors (Lipinski definition) is 7. The van der Waals surface area contributed by atoms with Gasteiger partial charge in [-0.1, -0.05) is 31.2 Å². The molecule has 0 fully saturated rings. The van der Waals surface area contributed by atoms with Gasteiger partial charge in [0.25, 0.3) is 0 Å². The molecule has 2 aromatic heterocycles. The van der Waals surface area contributed by atoms with Crippen LogP contribution in [0.15, 0.2) is 85.0 Å². The zero-order valence-electron chi connectivity index (χ0n) is 27.6. The highest BCUT2D eigenvalue weighted by Gasteiger charge is 2.25. The molecule has 49 heavy (non-hydrogen) atoms. The van der Waals surface area contributed by atoms with Crippen LogP contribution in [0, 0.1) is 17.6 Å². The molecule has 2 unspecified atom stereocenters. The number of aromatic amines is 1. The van der Waals surface area contributed by atoms with E-state index >= 15 is 8.78 Å². The van der Waals surface area contributed by atoms with E-state index < -0.39 is 29.1 Å². The second kappa shape index (κ2) is 13.7. The molecule has 0 amide bonds. The molecule has 4 bridgehead atoms. The molecule has 0 spiro atoms. The first-order chi connectivity index (χ1) is 23.4. The summed E-state index contributed by atoms with van der Waals surface area (Å²) in [7, 11) is 0. The zero-order chi connectivity index (χ0) is 34.9. The maximum absolute atomic E-state index is 15.7. The summed E-state index contributed by atoms with van der Waals surface area (Å²) in [5.74, 6) is 4.04. The highest BCUT2D eigenvalue weighted by molar-refractivity contribution is 5.85. The SMILES string of the molecule is CC(Cc1cccc(C2CCCOC(C)(C)/C(N)=C/N(N)Cc3c(c(F)cc4[nH]ccc34)Oc3ccc(F)c(c3)-c3ccn2n3)c1)C(=O)O. The number of halogens is 2. The van der Waals surface area contributed by atoms with Crippen LogP contribution in [0.4, 0.5) is 8.78 Å². The average Bonchev–Trinajstić information content (AvgIpc) is 3.73. The number of aliphatic carboxylic acids is 1. The van der Waals surface area contributed by atoms with Crippen LogP contribution in [0.5, 0.6) is 11.5 Å². The lowest BCUT2D eigenvalue weighted by atomic mass is 9.95. The van der Waals surface area contributed by atoms with E-state index in [-0.39, 0.29) is 29.6 Å². The second-order valence-corrected chi connectivity index (χ2v) is 13.0. The topological polar surface area (TPSA) is 145 Å². The zero-order valence-corrected chi connectivity index (χ0v) is 27.6. The number of nitrogens with one attached hydrogen (secondary N) is 1. The second-order valence-electron chi connectivity index (χ2n) is 13.0. The predicted molar refractivity (Wildman–Crippen MR) is 182 cm³/mol. The van der Waals surface area contributed by atoms with E-state index in [1.54, 1.807) is 36.3 Å². The lowest BCUT2D eigenvalue weighted by molar-refractivity contribution is -0.141. The molecule has 2 atom stereocenters. The van der Waals surface area contributed by atoms with Crippen molar-refractivity contribution in [1.29, 1.82) is 0 Å². The van der Waals surface area contributed by atoms with Crippen molar-refractivity contribution in [1.82, 2.24) is 19.8 Å². The number of nitrogens with two attached hydrogens (primary N) is 2. The fourth-order valence-corrected chi connectivity index (χ4v) is 6.10. The van der Waals surface area contributed by atoms with Gasteiger partial charge in [0.1, 0.15) is 17.2 Å². The van der Waals surface area contributed by atoms with Crippen LogP contribution in [0.1, 0.15) is 56.3 Å². The maximum atomic E-state index is 15.7. The van der Waals surface area contributed by atoms with Crippen LogP contribution in [0.3, 0.4) is 0 Å². The Morgan fingerprint density at radius 2 is 1.96 bits per heavy atom. The third-order valence-electron chi connectivity index (χ3n) is 8.95. The molecular formula is C37H40F2N6O4. The Hall–Kier alpha value is -5.20. The molecule has 0 saturated carbocycles. The number of benzene rings is 3. The maximum Gasteiger partial charge on any atom is 0.306 e. The van der Waals surface area contributed by atoms with Crippen LogP contribution in [0.25, 0.3) is 22.2 Å². The van der Waals surface area contributed by atoms with Crippen molar-refractivity contribution in [3.8, 4) is 22.8 Å². The Morgan fingerprint density at radius 1 is 1.14 bits per heavy atom. The average molecular weight is 671 g/mol. The Morgan fingerprint density at radius 3 is 2.76 bits per heavy atom. The van der Waals surface area contributed by atoms with Gasteiger partial charge in [0.05, 0.1) is 29.9 Å². The van der Waals surface area contributed by atoms with Gasteiger partial charge in [0.2, 0.25) is 0 Å². The van der Waals surface area contributed by atoms with E-state index in [4.69, 9.17) is 26.1 Å². The number of carbonyl (C=O) groups is 1. The van der Waals surface area contributed by atoms with Gasteiger partial charge in [0, 0.05) is 53.3 Å². The first-order valence-electron chi connectivity index (χ1n) is 16.2. The van der Waals surface area contributed by atoms with Crippen molar-refractivity contribution < 1.29 is 28.2 Å². The minimum Gasteiger partial charge on any atom is -0.481 e. The van der Waals surface area contributed by atoms with Crippen LogP contribution in [0.2, 0.25) is 0 Å². The Kier molecular flexibility index (Phi) is 9.44. The number of rotatable bonds is 4. The standard InChI is InChI=1S/C37H40F2N6O4/c1-22(36(46)47)16-23-6-4-7-24(17-23)33-8-5-15-48-37(2,3)34(40)21-44(41)20-28-26-11-13-42-32(26)19-30(39)35(28)49-25-9-10-29(38)27(18-25)31-12-14-45(33)43-31/h4,6-7,9-14,17-19,21-22,33,42H,5,8,15-16,20,40-41H2,1-3H3,(H,46,47)/b34-21-. The highest BCUT2D eigenvalue weighted by Crippen LogP contribution is 2.37. The summed E-state index contributed by atoms with van der Waals surface area (Å²) in [6.45, 7) is 5.78.